The van der Waals surface area contributed by atoms with Crippen LogP contribution in [-0.2, 0) is 22.7 Å². The van der Waals surface area contributed by atoms with Crippen molar-refractivity contribution in [1.29, 1.82) is 0 Å². The monoisotopic (exact) mass is 286 g/mol. The van der Waals surface area contributed by atoms with Crippen molar-refractivity contribution in [2.45, 2.75) is 83.0 Å². The van der Waals surface area contributed by atoms with E-state index in [1.165, 1.54) is 31.2 Å². The van der Waals surface area contributed by atoms with Crippen molar-refractivity contribution in [1.82, 2.24) is 0 Å². The molecule has 1 nitrogen and oxygen atoms in total. The molecule has 3 rings (SSSR count). The summed E-state index contributed by atoms with van der Waals surface area (Å²) in [6.45, 7) is 12.0. The molecule has 116 valence electrons. The Morgan fingerprint density at radius 3 is 2.19 bits per heavy atom. The Labute approximate surface area is 129 Å². The molecule has 0 radical (unpaired) electrons. The molecule has 1 N–H and O–H groups in total. The van der Waals surface area contributed by atoms with Crippen LogP contribution in [0.15, 0.2) is 12.1 Å². The number of aliphatic hydroxyl groups excluding tert-OH is 1. The van der Waals surface area contributed by atoms with E-state index < -0.39 is 0 Å². The largest absolute Gasteiger partial charge is 0.396 e. The topological polar surface area (TPSA) is 20.2 Å². The summed E-state index contributed by atoms with van der Waals surface area (Å²) < 4.78 is 0. The summed E-state index contributed by atoms with van der Waals surface area (Å²) in [5.41, 5.74) is 7.02. The van der Waals surface area contributed by atoms with Crippen LogP contribution in [0.1, 0.15) is 82.6 Å². The van der Waals surface area contributed by atoms with Crippen LogP contribution in [0.3, 0.4) is 0 Å². The summed E-state index contributed by atoms with van der Waals surface area (Å²) in [5.74, 6) is 0. The molecule has 0 heterocycles. The molecule has 0 spiro atoms. The van der Waals surface area contributed by atoms with E-state index in [9.17, 15) is 5.11 Å². The maximum atomic E-state index is 9.48. The van der Waals surface area contributed by atoms with Gasteiger partial charge < -0.3 is 5.11 Å². The first-order valence-electron chi connectivity index (χ1n) is 8.49. The normalized spacial score (nSPS) is 22.2. The molecular weight excluding hydrogens is 256 g/mol. The van der Waals surface area contributed by atoms with Gasteiger partial charge >= 0.3 is 0 Å². The first-order valence-corrected chi connectivity index (χ1v) is 8.49. The van der Waals surface area contributed by atoms with Gasteiger partial charge in [-0.15, -0.1) is 0 Å². The molecule has 0 amide bonds. The molecule has 0 unspecified atom stereocenters. The molecule has 1 heteroatoms. The van der Waals surface area contributed by atoms with Crippen LogP contribution >= 0.6 is 0 Å². The quantitative estimate of drug-likeness (QED) is 0.859. The molecule has 0 saturated heterocycles. The molecule has 2 aliphatic rings. The Bertz CT molecular complexity index is 556. The summed E-state index contributed by atoms with van der Waals surface area (Å²) in [5, 5.41) is 9.48. The standard InChI is InChI=1S/C20H30O/c1-18(2,3)14-12-16-15(6-7-19(16,4)5)17(13-14)20(8-9-20)10-11-21/h12-13,21H,6-11H2,1-5H3. The van der Waals surface area contributed by atoms with Gasteiger partial charge in [0.15, 0.2) is 0 Å². The SMILES string of the molecule is CC(C)(C)c1cc2c(c(C3(CCO)CC3)c1)CCC2(C)C. The fourth-order valence-electron chi connectivity index (χ4n) is 4.04. The summed E-state index contributed by atoms with van der Waals surface area (Å²) in [6.07, 6.45) is 5.93. The second kappa shape index (κ2) is 4.59. The van der Waals surface area contributed by atoms with Crippen molar-refractivity contribution < 1.29 is 5.11 Å². The third-order valence-corrected chi connectivity index (χ3v) is 5.86. The van der Waals surface area contributed by atoms with Crippen LogP contribution in [0.2, 0.25) is 0 Å². The van der Waals surface area contributed by atoms with Crippen LogP contribution in [-0.4, -0.2) is 11.7 Å². The molecule has 0 aliphatic heterocycles. The molecule has 1 fully saturated rings. The van der Waals surface area contributed by atoms with Gasteiger partial charge in [0.1, 0.15) is 0 Å². The van der Waals surface area contributed by atoms with E-state index in [1.807, 2.05) is 0 Å². The van der Waals surface area contributed by atoms with Gasteiger partial charge in [-0.05, 0) is 70.6 Å². The van der Waals surface area contributed by atoms with E-state index in [0.29, 0.717) is 17.4 Å². The van der Waals surface area contributed by atoms with Crippen LogP contribution in [0.25, 0.3) is 0 Å². The van der Waals surface area contributed by atoms with Crippen molar-refractivity contribution in [3.05, 3.63) is 34.4 Å². The molecule has 0 aromatic heterocycles. The maximum Gasteiger partial charge on any atom is 0.0439 e. The Morgan fingerprint density at radius 2 is 1.67 bits per heavy atom. The highest BCUT2D eigenvalue weighted by atomic mass is 16.3. The van der Waals surface area contributed by atoms with Crippen molar-refractivity contribution in [3.8, 4) is 0 Å². The smallest absolute Gasteiger partial charge is 0.0439 e. The third-order valence-electron chi connectivity index (χ3n) is 5.86. The highest BCUT2D eigenvalue weighted by Gasteiger charge is 2.47. The fraction of sp³-hybridized carbons (Fsp3) is 0.700. The predicted octanol–water partition coefficient (Wildman–Crippen LogP) is 4.62. The highest BCUT2D eigenvalue weighted by Crippen LogP contribution is 2.55. The number of aliphatic hydroxyl groups is 1. The molecule has 1 saturated carbocycles. The number of hydrogen-bond acceptors (Lipinski definition) is 1. The lowest BCUT2D eigenvalue weighted by atomic mass is 9.77. The summed E-state index contributed by atoms with van der Waals surface area (Å²) in [6, 6.07) is 4.95. The molecule has 2 aliphatic carbocycles. The summed E-state index contributed by atoms with van der Waals surface area (Å²) >= 11 is 0. The maximum absolute atomic E-state index is 9.48. The van der Waals surface area contributed by atoms with Crippen LogP contribution in [0, 0.1) is 0 Å². The van der Waals surface area contributed by atoms with Gasteiger partial charge in [0.2, 0.25) is 0 Å². The number of fused-ring (bicyclic) bond motifs is 1. The van der Waals surface area contributed by atoms with E-state index in [1.54, 1.807) is 16.7 Å². The minimum absolute atomic E-state index is 0.192. The summed E-state index contributed by atoms with van der Waals surface area (Å²) in [7, 11) is 0. The lowest BCUT2D eigenvalue weighted by molar-refractivity contribution is 0.270. The van der Waals surface area contributed by atoms with Crippen molar-refractivity contribution in [2.75, 3.05) is 6.61 Å². The molecule has 1 aromatic rings. The van der Waals surface area contributed by atoms with Gasteiger partial charge in [-0.25, -0.2) is 0 Å². The lowest BCUT2D eigenvalue weighted by Crippen LogP contribution is -2.19. The Kier molecular flexibility index (Phi) is 3.30. The van der Waals surface area contributed by atoms with Gasteiger partial charge in [-0.2, -0.15) is 0 Å². The Hall–Kier alpha value is -0.820. The Balaban J connectivity index is 2.18. The van der Waals surface area contributed by atoms with E-state index in [4.69, 9.17) is 0 Å². The third kappa shape index (κ3) is 2.44. The van der Waals surface area contributed by atoms with E-state index in [-0.39, 0.29) is 5.41 Å². The fourth-order valence-corrected chi connectivity index (χ4v) is 4.04. The first kappa shape index (κ1) is 15.1. The number of hydrogen-bond donors (Lipinski definition) is 1. The lowest BCUT2D eigenvalue weighted by Gasteiger charge is -2.28. The van der Waals surface area contributed by atoms with Crippen LogP contribution in [0.5, 0.6) is 0 Å². The zero-order valence-corrected chi connectivity index (χ0v) is 14.3. The van der Waals surface area contributed by atoms with Gasteiger partial charge in [-0.3, -0.25) is 0 Å². The van der Waals surface area contributed by atoms with Gasteiger partial charge in [0.25, 0.3) is 0 Å². The predicted molar refractivity (Wildman–Crippen MR) is 89.1 cm³/mol. The van der Waals surface area contributed by atoms with E-state index >= 15 is 0 Å². The zero-order valence-electron chi connectivity index (χ0n) is 14.3. The van der Waals surface area contributed by atoms with Crippen molar-refractivity contribution in [2.24, 2.45) is 0 Å². The number of benzene rings is 1. The Morgan fingerprint density at radius 1 is 1.05 bits per heavy atom. The average molecular weight is 286 g/mol. The minimum atomic E-state index is 0.192. The summed E-state index contributed by atoms with van der Waals surface area (Å²) in [4.78, 5) is 0. The molecule has 0 bridgehead atoms. The average Bonchev–Trinajstić information content (AvgIpc) is 3.09. The van der Waals surface area contributed by atoms with Crippen molar-refractivity contribution in [3.63, 3.8) is 0 Å². The zero-order chi connectivity index (χ0) is 15.5. The second-order valence-electron chi connectivity index (χ2n) is 8.94. The van der Waals surface area contributed by atoms with Crippen molar-refractivity contribution >= 4 is 0 Å². The molecular formula is C20H30O. The van der Waals surface area contributed by atoms with Crippen LogP contribution < -0.4 is 0 Å². The molecule has 1 aromatic carbocycles. The minimum Gasteiger partial charge on any atom is -0.396 e. The first-order chi connectivity index (χ1) is 9.70. The highest BCUT2D eigenvalue weighted by molar-refractivity contribution is 5.52. The van der Waals surface area contributed by atoms with Crippen LogP contribution in [0.4, 0.5) is 0 Å². The number of rotatable bonds is 3. The molecule has 21 heavy (non-hydrogen) atoms. The van der Waals surface area contributed by atoms with E-state index in [2.05, 4.69) is 46.8 Å². The van der Waals surface area contributed by atoms with Gasteiger partial charge in [0.05, 0.1) is 0 Å². The molecule has 0 atom stereocenters. The van der Waals surface area contributed by atoms with E-state index in [0.717, 1.165) is 6.42 Å². The van der Waals surface area contributed by atoms with Gasteiger partial charge in [-0.1, -0.05) is 46.8 Å². The second-order valence-corrected chi connectivity index (χ2v) is 8.94. The van der Waals surface area contributed by atoms with Gasteiger partial charge in [0, 0.05) is 6.61 Å².